The number of likely N-dealkylation sites (tertiary alicyclic amines) is 1. The molecule has 2 aliphatic rings. The number of pyridine rings is 1. The summed E-state index contributed by atoms with van der Waals surface area (Å²) in [6, 6.07) is 5.75. The molecule has 1 saturated heterocycles. The quantitative estimate of drug-likeness (QED) is 0.772. The molecule has 2 fully saturated rings. The molecule has 0 radical (unpaired) electrons. The summed E-state index contributed by atoms with van der Waals surface area (Å²) < 4.78 is 1.90. The van der Waals surface area contributed by atoms with Crippen LogP contribution in [0.2, 0.25) is 5.15 Å². The number of amides is 1. The minimum Gasteiger partial charge on any atom is -0.339 e. The second-order valence-corrected chi connectivity index (χ2v) is 7.29. The van der Waals surface area contributed by atoms with E-state index in [9.17, 15) is 4.79 Å². The van der Waals surface area contributed by atoms with Crippen molar-refractivity contribution in [2.24, 2.45) is 11.8 Å². The smallest absolute Gasteiger partial charge is 0.246 e. The molecule has 3 heterocycles. The third kappa shape index (κ3) is 2.95. The van der Waals surface area contributed by atoms with Crippen molar-refractivity contribution in [1.29, 1.82) is 0 Å². The van der Waals surface area contributed by atoms with Gasteiger partial charge in [-0.2, -0.15) is 0 Å². The Bertz CT molecular complexity index is 782. The Morgan fingerprint density at radius 3 is 2.92 bits per heavy atom. The number of carbonyl (C=O) groups excluding carboxylic acids is 1. The summed E-state index contributed by atoms with van der Waals surface area (Å²) in [5, 5.41) is 0.427. The van der Waals surface area contributed by atoms with Gasteiger partial charge in [-0.3, -0.25) is 9.20 Å². The van der Waals surface area contributed by atoms with E-state index in [0.717, 1.165) is 36.8 Å². The Morgan fingerprint density at radius 2 is 2.04 bits per heavy atom. The van der Waals surface area contributed by atoms with Gasteiger partial charge in [0.05, 0.1) is 5.69 Å². The van der Waals surface area contributed by atoms with Crippen molar-refractivity contribution >= 4 is 29.2 Å². The van der Waals surface area contributed by atoms with Crippen LogP contribution in [-0.4, -0.2) is 33.3 Å². The highest BCUT2D eigenvalue weighted by atomic mass is 35.5. The minimum absolute atomic E-state index is 0.0842. The molecule has 2 aromatic heterocycles. The summed E-state index contributed by atoms with van der Waals surface area (Å²) in [7, 11) is 0. The molecule has 24 heavy (non-hydrogen) atoms. The van der Waals surface area contributed by atoms with Crippen molar-refractivity contribution in [2.45, 2.75) is 32.1 Å². The number of piperidine rings is 1. The molecule has 0 aromatic carbocycles. The molecular weight excluding hydrogens is 322 g/mol. The molecule has 2 atom stereocenters. The summed E-state index contributed by atoms with van der Waals surface area (Å²) in [6.45, 7) is 1.79. The number of fused-ring (bicyclic) bond motifs is 2. The fourth-order valence-corrected chi connectivity index (χ4v) is 4.43. The van der Waals surface area contributed by atoms with Crippen LogP contribution in [0.1, 0.15) is 37.8 Å². The Kier molecular flexibility index (Phi) is 4.31. The predicted molar refractivity (Wildman–Crippen MR) is 95.9 cm³/mol. The van der Waals surface area contributed by atoms with Gasteiger partial charge in [-0.1, -0.05) is 36.9 Å². The van der Waals surface area contributed by atoms with Gasteiger partial charge < -0.3 is 4.90 Å². The molecule has 1 saturated carbocycles. The van der Waals surface area contributed by atoms with E-state index in [0.29, 0.717) is 11.1 Å². The van der Waals surface area contributed by atoms with Crippen molar-refractivity contribution in [3.63, 3.8) is 0 Å². The van der Waals surface area contributed by atoms with Crippen LogP contribution >= 0.6 is 11.6 Å². The first-order valence-electron chi connectivity index (χ1n) is 8.82. The van der Waals surface area contributed by atoms with Crippen molar-refractivity contribution in [3.8, 4) is 0 Å². The van der Waals surface area contributed by atoms with Gasteiger partial charge in [0.2, 0.25) is 5.91 Å². The van der Waals surface area contributed by atoms with Gasteiger partial charge >= 0.3 is 0 Å². The topological polar surface area (TPSA) is 37.6 Å². The Hall–Kier alpha value is -1.81. The average molecular weight is 344 g/mol. The SMILES string of the molecule is O=C(/C=C/c1c(Cl)nc2ccccn12)N1CC[C@H]2CCCC[C@@H]2C1. The van der Waals surface area contributed by atoms with Crippen molar-refractivity contribution < 1.29 is 4.79 Å². The van der Waals surface area contributed by atoms with E-state index < -0.39 is 0 Å². The normalized spacial score (nSPS) is 24.5. The van der Waals surface area contributed by atoms with Gasteiger partial charge in [-0.05, 0) is 42.9 Å². The number of hydrogen-bond acceptors (Lipinski definition) is 2. The number of nitrogens with zero attached hydrogens (tertiary/aromatic N) is 3. The lowest BCUT2D eigenvalue weighted by molar-refractivity contribution is -0.128. The molecule has 1 aliphatic carbocycles. The van der Waals surface area contributed by atoms with Crippen LogP contribution in [0.15, 0.2) is 30.5 Å². The Labute approximate surface area is 147 Å². The van der Waals surface area contributed by atoms with Crippen molar-refractivity contribution in [3.05, 3.63) is 41.3 Å². The molecule has 0 unspecified atom stereocenters. The third-order valence-electron chi connectivity index (χ3n) is 5.51. The highest BCUT2D eigenvalue weighted by Gasteiger charge is 2.32. The predicted octanol–water partition coefficient (Wildman–Crippen LogP) is 4.04. The number of imidazole rings is 1. The largest absolute Gasteiger partial charge is 0.339 e. The molecule has 4 rings (SSSR count). The maximum absolute atomic E-state index is 12.6. The first-order chi connectivity index (χ1) is 11.7. The van der Waals surface area contributed by atoms with E-state index in [4.69, 9.17) is 11.6 Å². The highest BCUT2D eigenvalue weighted by molar-refractivity contribution is 6.31. The van der Waals surface area contributed by atoms with Crippen molar-refractivity contribution in [2.75, 3.05) is 13.1 Å². The zero-order chi connectivity index (χ0) is 16.5. The molecule has 4 nitrogen and oxygen atoms in total. The summed E-state index contributed by atoms with van der Waals surface area (Å²) in [5.74, 6) is 1.62. The van der Waals surface area contributed by atoms with E-state index in [1.54, 1.807) is 12.2 Å². The van der Waals surface area contributed by atoms with Crippen LogP contribution in [0.3, 0.4) is 0 Å². The Balaban J connectivity index is 1.49. The Morgan fingerprint density at radius 1 is 1.21 bits per heavy atom. The van der Waals surface area contributed by atoms with E-state index in [1.807, 2.05) is 33.7 Å². The van der Waals surface area contributed by atoms with Crippen LogP contribution in [0, 0.1) is 11.8 Å². The van der Waals surface area contributed by atoms with Gasteiger partial charge in [0, 0.05) is 25.4 Å². The molecule has 1 aliphatic heterocycles. The van der Waals surface area contributed by atoms with E-state index in [-0.39, 0.29) is 5.91 Å². The second kappa shape index (κ2) is 6.60. The molecule has 5 heteroatoms. The summed E-state index contributed by atoms with van der Waals surface area (Å²) >= 11 is 6.22. The number of carbonyl (C=O) groups is 1. The van der Waals surface area contributed by atoms with Gasteiger partial charge in [0.1, 0.15) is 5.65 Å². The fraction of sp³-hybridized carbons (Fsp3) is 0.474. The van der Waals surface area contributed by atoms with Crippen LogP contribution in [0.25, 0.3) is 11.7 Å². The first kappa shape index (κ1) is 15.7. The van der Waals surface area contributed by atoms with Gasteiger partial charge in [-0.25, -0.2) is 4.98 Å². The minimum atomic E-state index is 0.0842. The molecule has 126 valence electrons. The summed E-state index contributed by atoms with van der Waals surface area (Å²) in [5.41, 5.74) is 1.55. The summed E-state index contributed by atoms with van der Waals surface area (Å²) in [6.07, 6.45) is 11.8. The molecular formula is C19H22ClN3O. The van der Waals surface area contributed by atoms with E-state index in [2.05, 4.69) is 4.98 Å². The molecule has 0 N–H and O–H groups in total. The standard InChI is InChI=1S/C19H22ClN3O/c20-19-16(23-11-4-3-7-17(23)21-19)8-9-18(24)22-12-10-14-5-1-2-6-15(14)13-22/h3-4,7-9,11,14-15H,1-2,5-6,10,12-13H2/b9-8+/t14-,15-/m1/s1. The number of aromatic nitrogens is 2. The molecule has 2 aromatic rings. The molecule has 0 spiro atoms. The average Bonchev–Trinajstić information content (AvgIpc) is 2.94. The van der Waals surface area contributed by atoms with Crippen LogP contribution in [0.4, 0.5) is 0 Å². The van der Waals surface area contributed by atoms with Gasteiger partial charge in [0.15, 0.2) is 5.15 Å². The number of hydrogen-bond donors (Lipinski definition) is 0. The van der Waals surface area contributed by atoms with Crippen LogP contribution < -0.4 is 0 Å². The maximum atomic E-state index is 12.6. The maximum Gasteiger partial charge on any atom is 0.246 e. The second-order valence-electron chi connectivity index (χ2n) is 6.93. The lowest BCUT2D eigenvalue weighted by Gasteiger charge is -2.41. The van der Waals surface area contributed by atoms with Crippen LogP contribution in [0.5, 0.6) is 0 Å². The fourth-order valence-electron chi connectivity index (χ4n) is 4.19. The van der Waals surface area contributed by atoms with E-state index >= 15 is 0 Å². The number of halogens is 1. The van der Waals surface area contributed by atoms with Crippen LogP contribution in [-0.2, 0) is 4.79 Å². The van der Waals surface area contributed by atoms with E-state index in [1.165, 1.54) is 25.7 Å². The zero-order valence-corrected chi connectivity index (χ0v) is 14.5. The van der Waals surface area contributed by atoms with Gasteiger partial charge in [0.25, 0.3) is 0 Å². The lowest BCUT2D eigenvalue weighted by atomic mass is 9.75. The van der Waals surface area contributed by atoms with Gasteiger partial charge in [-0.15, -0.1) is 0 Å². The molecule has 0 bridgehead atoms. The summed E-state index contributed by atoms with van der Waals surface area (Å²) in [4.78, 5) is 18.9. The highest BCUT2D eigenvalue weighted by Crippen LogP contribution is 2.36. The first-order valence-corrected chi connectivity index (χ1v) is 9.20. The molecule has 1 amide bonds. The number of rotatable bonds is 2. The monoisotopic (exact) mass is 343 g/mol. The third-order valence-corrected chi connectivity index (χ3v) is 5.79. The van der Waals surface area contributed by atoms with Crippen molar-refractivity contribution in [1.82, 2.24) is 14.3 Å². The zero-order valence-electron chi connectivity index (χ0n) is 13.7. The lowest BCUT2D eigenvalue weighted by Crippen LogP contribution is -2.44.